The number of benzene rings is 2. The van der Waals surface area contributed by atoms with E-state index in [0.29, 0.717) is 23.7 Å². The lowest BCUT2D eigenvalue weighted by Crippen LogP contribution is -2.14. The highest BCUT2D eigenvalue weighted by atomic mass is 16.6. The number of hydrogen-bond acceptors (Lipinski definition) is 5. The van der Waals surface area contributed by atoms with E-state index in [4.69, 9.17) is 14.2 Å². The molecule has 1 aliphatic heterocycles. The van der Waals surface area contributed by atoms with Crippen LogP contribution in [0.5, 0.6) is 11.5 Å². The summed E-state index contributed by atoms with van der Waals surface area (Å²) in [7, 11) is 0. The molecule has 5 nitrogen and oxygen atoms in total. The third-order valence-electron chi connectivity index (χ3n) is 3.64. The summed E-state index contributed by atoms with van der Waals surface area (Å²) in [4.78, 5) is 23.7. The minimum absolute atomic E-state index is 0.186. The van der Waals surface area contributed by atoms with Crippen molar-refractivity contribution in [3.05, 3.63) is 77.6 Å². The Morgan fingerprint density at radius 3 is 2.73 bits per heavy atom. The molecule has 0 bridgehead atoms. The highest BCUT2D eigenvalue weighted by Crippen LogP contribution is 2.34. The normalized spacial score (nSPS) is 14.3. The Morgan fingerprint density at radius 2 is 1.96 bits per heavy atom. The summed E-state index contributed by atoms with van der Waals surface area (Å²) >= 11 is 0. The van der Waals surface area contributed by atoms with Crippen molar-refractivity contribution in [1.82, 2.24) is 0 Å². The van der Waals surface area contributed by atoms with Crippen LogP contribution in [0.3, 0.4) is 0 Å². The smallest absolute Gasteiger partial charge is 0.344 e. The summed E-state index contributed by atoms with van der Waals surface area (Å²) in [5.41, 5.74) is 1.50. The van der Waals surface area contributed by atoms with Gasteiger partial charge in [-0.15, -0.1) is 0 Å². The first-order valence-electron chi connectivity index (χ1n) is 8.26. The monoisotopic (exact) mass is 350 g/mol. The zero-order chi connectivity index (χ0) is 18.4. The van der Waals surface area contributed by atoms with Crippen LogP contribution in [0, 0.1) is 0 Å². The van der Waals surface area contributed by atoms with Gasteiger partial charge >= 0.3 is 5.97 Å². The minimum atomic E-state index is -0.448. The highest BCUT2D eigenvalue weighted by Gasteiger charge is 2.27. The van der Waals surface area contributed by atoms with Crippen molar-refractivity contribution in [3.63, 3.8) is 0 Å². The second-order valence-corrected chi connectivity index (χ2v) is 5.48. The van der Waals surface area contributed by atoms with E-state index in [1.165, 1.54) is 0 Å². The van der Waals surface area contributed by atoms with E-state index in [9.17, 15) is 9.59 Å². The van der Waals surface area contributed by atoms with Crippen molar-refractivity contribution >= 4 is 17.8 Å². The molecule has 26 heavy (non-hydrogen) atoms. The summed E-state index contributed by atoms with van der Waals surface area (Å²) < 4.78 is 15.8. The summed E-state index contributed by atoms with van der Waals surface area (Å²) in [6, 6.07) is 14.6. The Morgan fingerprint density at radius 1 is 1.15 bits per heavy atom. The molecule has 0 unspecified atom stereocenters. The van der Waals surface area contributed by atoms with Crippen LogP contribution in [0.1, 0.15) is 22.8 Å². The molecule has 0 spiro atoms. The third kappa shape index (κ3) is 4.19. The van der Waals surface area contributed by atoms with E-state index in [0.717, 1.165) is 5.56 Å². The molecule has 0 amide bonds. The fourth-order valence-electron chi connectivity index (χ4n) is 2.43. The summed E-state index contributed by atoms with van der Waals surface area (Å²) in [5.74, 6) is 0.461. The molecule has 132 valence electrons. The molecule has 0 aromatic heterocycles. The van der Waals surface area contributed by atoms with Gasteiger partial charge in [-0.3, -0.25) is 4.79 Å². The number of hydrogen-bond donors (Lipinski definition) is 0. The molecule has 0 aliphatic carbocycles. The fraction of sp³-hybridized carbons (Fsp3) is 0.143. The Labute approximate surface area is 151 Å². The molecule has 0 radical (unpaired) electrons. The summed E-state index contributed by atoms with van der Waals surface area (Å²) in [5, 5.41) is 0. The lowest BCUT2D eigenvalue weighted by molar-refractivity contribution is -0.145. The van der Waals surface area contributed by atoms with E-state index >= 15 is 0 Å². The lowest BCUT2D eigenvalue weighted by atomic mass is 10.1. The number of ether oxygens (including phenoxy) is 3. The predicted molar refractivity (Wildman–Crippen MR) is 97.1 cm³/mol. The second kappa shape index (κ2) is 8.16. The number of fused-ring (bicyclic) bond motifs is 1. The number of carbonyl (C=O) groups excluding carboxylic acids is 2. The number of ketones is 1. The molecular formula is C21H18O5. The zero-order valence-electron chi connectivity index (χ0n) is 14.3. The first kappa shape index (κ1) is 17.5. The fourth-order valence-corrected chi connectivity index (χ4v) is 2.43. The zero-order valence-corrected chi connectivity index (χ0v) is 14.3. The van der Waals surface area contributed by atoms with Gasteiger partial charge in [0.05, 0.1) is 12.2 Å². The average molecular weight is 350 g/mol. The Balaban J connectivity index is 1.67. The molecule has 0 saturated carbocycles. The van der Waals surface area contributed by atoms with Gasteiger partial charge in [-0.05, 0) is 30.7 Å². The number of esters is 1. The summed E-state index contributed by atoms with van der Waals surface area (Å²) in [6.07, 6.45) is 5.29. The van der Waals surface area contributed by atoms with E-state index in [1.54, 1.807) is 37.3 Å². The topological polar surface area (TPSA) is 61.8 Å². The van der Waals surface area contributed by atoms with Crippen molar-refractivity contribution in [2.45, 2.75) is 6.92 Å². The molecule has 2 aromatic carbocycles. The Kier molecular flexibility index (Phi) is 5.49. The molecule has 0 saturated heterocycles. The number of Topliss-reactive ketones (excluding diaryl/α,β-unsaturated/α-hetero) is 1. The van der Waals surface area contributed by atoms with Crippen LogP contribution in [-0.4, -0.2) is 25.0 Å². The molecule has 0 fully saturated rings. The standard InChI is InChI=1S/C21H18O5/c1-2-24-20(22)14-25-16-11-12-17-19(13-16)26-18(21(17)23)10-6-9-15-7-4-3-5-8-15/h3-13H,2,14H2,1H3/b9-6+,18-10-. The van der Waals surface area contributed by atoms with Crippen LogP contribution in [-0.2, 0) is 9.53 Å². The Hall–Kier alpha value is -3.34. The Bertz CT molecular complexity index is 865. The summed E-state index contributed by atoms with van der Waals surface area (Å²) in [6.45, 7) is 1.84. The van der Waals surface area contributed by atoms with Gasteiger partial charge in [-0.25, -0.2) is 4.79 Å². The molecule has 0 atom stereocenters. The van der Waals surface area contributed by atoms with E-state index in [2.05, 4.69) is 0 Å². The number of allylic oxidation sites excluding steroid dienone is 3. The average Bonchev–Trinajstić information content (AvgIpc) is 2.96. The van der Waals surface area contributed by atoms with Crippen LogP contribution in [0.2, 0.25) is 0 Å². The molecule has 5 heteroatoms. The van der Waals surface area contributed by atoms with Crippen molar-refractivity contribution in [2.75, 3.05) is 13.2 Å². The van der Waals surface area contributed by atoms with E-state index in [-0.39, 0.29) is 18.1 Å². The number of rotatable bonds is 6. The van der Waals surface area contributed by atoms with Gasteiger partial charge < -0.3 is 14.2 Å². The first-order valence-corrected chi connectivity index (χ1v) is 8.26. The van der Waals surface area contributed by atoms with E-state index < -0.39 is 5.97 Å². The van der Waals surface area contributed by atoms with E-state index in [1.807, 2.05) is 36.4 Å². The van der Waals surface area contributed by atoms with Crippen molar-refractivity contribution in [1.29, 1.82) is 0 Å². The first-order chi connectivity index (χ1) is 12.7. The third-order valence-corrected chi connectivity index (χ3v) is 3.64. The van der Waals surface area contributed by atoms with Gasteiger partial charge in [0.2, 0.25) is 5.78 Å². The number of carbonyl (C=O) groups is 2. The largest absolute Gasteiger partial charge is 0.482 e. The van der Waals surface area contributed by atoms with Crippen LogP contribution < -0.4 is 9.47 Å². The lowest BCUT2D eigenvalue weighted by Gasteiger charge is -2.06. The van der Waals surface area contributed by atoms with Gasteiger partial charge in [-0.2, -0.15) is 0 Å². The van der Waals surface area contributed by atoms with Crippen molar-refractivity contribution < 1.29 is 23.8 Å². The van der Waals surface area contributed by atoms with Crippen LogP contribution in [0.25, 0.3) is 6.08 Å². The highest BCUT2D eigenvalue weighted by molar-refractivity contribution is 6.12. The van der Waals surface area contributed by atoms with Crippen LogP contribution >= 0.6 is 0 Å². The molecule has 3 rings (SSSR count). The molecule has 2 aromatic rings. The van der Waals surface area contributed by atoms with Gasteiger partial charge in [0.15, 0.2) is 12.4 Å². The van der Waals surface area contributed by atoms with Gasteiger partial charge in [0, 0.05) is 6.07 Å². The maximum atomic E-state index is 12.4. The SMILES string of the molecule is CCOC(=O)COc1ccc2c(c1)O/C(=C\C=C\c1ccccc1)C2=O. The molecule has 0 N–H and O–H groups in total. The minimum Gasteiger partial charge on any atom is -0.482 e. The molecule has 1 aliphatic rings. The van der Waals surface area contributed by atoms with Gasteiger partial charge in [-0.1, -0.05) is 42.5 Å². The van der Waals surface area contributed by atoms with Crippen LogP contribution in [0.15, 0.2) is 66.4 Å². The predicted octanol–water partition coefficient (Wildman–Crippen LogP) is 3.80. The second-order valence-electron chi connectivity index (χ2n) is 5.48. The maximum Gasteiger partial charge on any atom is 0.344 e. The van der Waals surface area contributed by atoms with Crippen molar-refractivity contribution in [2.24, 2.45) is 0 Å². The molecule has 1 heterocycles. The van der Waals surface area contributed by atoms with Gasteiger partial charge in [0.1, 0.15) is 11.5 Å². The maximum absolute atomic E-state index is 12.4. The molecular weight excluding hydrogens is 332 g/mol. The van der Waals surface area contributed by atoms with Crippen molar-refractivity contribution in [3.8, 4) is 11.5 Å². The van der Waals surface area contributed by atoms with Gasteiger partial charge in [0.25, 0.3) is 0 Å². The quantitative estimate of drug-likeness (QED) is 0.586. The van der Waals surface area contributed by atoms with Crippen LogP contribution in [0.4, 0.5) is 0 Å².